The van der Waals surface area contributed by atoms with E-state index < -0.39 is 90.0 Å². The smallest absolute Gasteiger partial charge is 0.265 e. The number of allylic oxidation sites excluding steroid dienone is 3. The first-order valence-corrected chi connectivity index (χ1v) is 15.6. The number of alkyl halides is 1. The van der Waals surface area contributed by atoms with Crippen molar-refractivity contribution < 1.29 is 49.4 Å². The minimum atomic E-state index is -4.37. The van der Waals surface area contributed by atoms with Crippen molar-refractivity contribution in [1.29, 1.82) is 0 Å². The van der Waals surface area contributed by atoms with Gasteiger partial charge in [0.05, 0.1) is 18.6 Å². The Labute approximate surface area is 216 Å². The zero-order valence-electron chi connectivity index (χ0n) is 21.5. The highest BCUT2D eigenvalue weighted by atomic mass is 32.2. The van der Waals surface area contributed by atoms with Crippen LogP contribution in [0.3, 0.4) is 0 Å². The van der Waals surface area contributed by atoms with Crippen LogP contribution in [0.25, 0.3) is 0 Å². The molecule has 10 nitrogen and oxygen atoms in total. The largest absolute Gasteiger partial charge is 0.390 e. The van der Waals surface area contributed by atoms with Gasteiger partial charge in [-0.1, -0.05) is 19.9 Å². The molecule has 3 saturated carbocycles. The van der Waals surface area contributed by atoms with Gasteiger partial charge < -0.3 is 10.2 Å². The average Bonchev–Trinajstić information content (AvgIpc) is 2.92. The summed E-state index contributed by atoms with van der Waals surface area (Å²) in [5.74, 6) is -4.38. The van der Waals surface area contributed by atoms with Gasteiger partial charge in [0.2, 0.25) is 0 Å². The Morgan fingerprint density at radius 3 is 2.22 bits per heavy atom. The molecule has 2 N–H and O–H groups in total. The van der Waals surface area contributed by atoms with Crippen molar-refractivity contribution in [2.75, 3.05) is 12.5 Å². The Balaban J connectivity index is 2.06. The second kappa shape index (κ2) is 8.25. The molecule has 0 bridgehead atoms. The van der Waals surface area contributed by atoms with Gasteiger partial charge in [-0.2, -0.15) is 16.8 Å². The normalized spacial score (nSPS) is 47.6. The van der Waals surface area contributed by atoms with Crippen molar-refractivity contribution in [2.24, 2.45) is 28.6 Å². The number of halogens is 1. The number of hydrogen-bond acceptors (Lipinski definition) is 10. The molecule has 208 valence electrons. The predicted molar refractivity (Wildman–Crippen MR) is 129 cm³/mol. The Hall–Kier alpha value is -1.51. The van der Waals surface area contributed by atoms with E-state index in [1.54, 1.807) is 13.8 Å². The van der Waals surface area contributed by atoms with Crippen LogP contribution in [0.5, 0.6) is 0 Å². The van der Waals surface area contributed by atoms with Crippen LogP contribution >= 0.6 is 0 Å². The van der Waals surface area contributed by atoms with Crippen molar-refractivity contribution >= 4 is 31.8 Å². The number of fused-ring (bicyclic) bond motifs is 5. The quantitative estimate of drug-likeness (QED) is 0.458. The molecular weight excluding hydrogens is 531 g/mol. The number of rotatable bonds is 5. The number of aliphatic hydroxyl groups is 2. The van der Waals surface area contributed by atoms with Crippen LogP contribution in [-0.4, -0.2) is 80.7 Å². The molecule has 0 heterocycles. The van der Waals surface area contributed by atoms with Crippen LogP contribution in [0.1, 0.15) is 40.5 Å². The van der Waals surface area contributed by atoms with Crippen LogP contribution in [0.2, 0.25) is 0 Å². The highest BCUT2D eigenvalue weighted by Crippen LogP contribution is 2.71. The van der Waals surface area contributed by atoms with Crippen LogP contribution in [0.4, 0.5) is 4.39 Å². The maximum absolute atomic E-state index is 17.8. The molecule has 0 saturated heterocycles. The summed E-state index contributed by atoms with van der Waals surface area (Å²) >= 11 is 0. The van der Waals surface area contributed by atoms with Crippen molar-refractivity contribution in [3.8, 4) is 0 Å². The predicted octanol–water partition coefficient (Wildman–Crippen LogP) is 0.833. The lowest BCUT2D eigenvalue weighted by molar-refractivity contribution is -0.245. The standard InChI is InChI=1S/C24H33FO10S2/c1-12-9-15-18-20(35-37(6,32)33)19(34-36(5,30)31)16-10-14(27)7-8-21(16,3)23(18,25)17(28)11-22(15,4)24(12,29)13(2)26/h7-8,10,12,15,17-20,28-29H,9,11H2,1-6H3/t12-,15-,17-,18+,19-,20+,21-,22-,23+,24-/m0/s1. The molecule has 4 rings (SSSR count). The summed E-state index contributed by atoms with van der Waals surface area (Å²) in [5.41, 5.74) is -8.07. The van der Waals surface area contributed by atoms with E-state index in [-0.39, 0.29) is 18.4 Å². The first-order valence-electron chi connectivity index (χ1n) is 12.0. The van der Waals surface area contributed by atoms with Crippen molar-refractivity contribution in [3.63, 3.8) is 0 Å². The number of Topliss-reactive ketones (excluding diaryl/α,β-unsaturated/α-hetero) is 1. The van der Waals surface area contributed by atoms with Crippen molar-refractivity contribution in [2.45, 2.75) is 70.1 Å². The number of hydrogen-bond donors (Lipinski definition) is 2. The van der Waals surface area contributed by atoms with Gasteiger partial charge in [-0.15, -0.1) is 0 Å². The molecule has 10 atom stereocenters. The summed E-state index contributed by atoms with van der Waals surface area (Å²) in [4.78, 5) is 25.1. The van der Waals surface area contributed by atoms with Crippen LogP contribution in [0, 0.1) is 28.6 Å². The molecule has 0 radical (unpaired) electrons. The fraction of sp³-hybridized carbons (Fsp3) is 0.750. The molecular formula is C24H33FO10S2. The Morgan fingerprint density at radius 2 is 1.70 bits per heavy atom. The van der Waals surface area contributed by atoms with Gasteiger partial charge in [0.1, 0.15) is 17.8 Å². The Kier molecular flexibility index (Phi) is 6.35. The van der Waals surface area contributed by atoms with Gasteiger partial charge in [-0.25, -0.2) is 4.39 Å². The van der Waals surface area contributed by atoms with E-state index in [1.165, 1.54) is 19.9 Å². The van der Waals surface area contributed by atoms with E-state index in [9.17, 15) is 36.6 Å². The fourth-order valence-electron chi connectivity index (χ4n) is 7.88. The molecule has 37 heavy (non-hydrogen) atoms. The number of ketones is 2. The second-order valence-corrected chi connectivity index (χ2v) is 14.7. The average molecular weight is 565 g/mol. The molecule has 0 amide bonds. The van der Waals surface area contributed by atoms with Crippen molar-refractivity contribution in [1.82, 2.24) is 0 Å². The molecule has 4 aliphatic carbocycles. The summed E-state index contributed by atoms with van der Waals surface area (Å²) in [6, 6.07) is 0. The molecule has 0 spiro atoms. The highest BCUT2D eigenvalue weighted by molar-refractivity contribution is 7.86. The first kappa shape index (κ1) is 28.5. The highest BCUT2D eigenvalue weighted by Gasteiger charge is 2.79. The molecule has 0 aliphatic heterocycles. The van der Waals surface area contributed by atoms with Crippen LogP contribution in [0.15, 0.2) is 23.8 Å². The third-order valence-electron chi connectivity index (χ3n) is 9.36. The summed E-state index contributed by atoms with van der Waals surface area (Å²) in [6.07, 6.45) is -0.979. The van der Waals surface area contributed by atoms with Gasteiger partial charge in [0.25, 0.3) is 20.2 Å². The van der Waals surface area contributed by atoms with E-state index in [0.29, 0.717) is 6.26 Å². The van der Waals surface area contributed by atoms with E-state index in [4.69, 9.17) is 8.37 Å². The van der Waals surface area contributed by atoms with E-state index in [1.807, 2.05) is 0 Å². The topological polar surface area (TPSA) is 161 Å². The van der Waals surface area contributed by atoms with E-state index in [0.717, 1.165) is 18.4 Å². The summed E-state index contributed by atoms with van der Waals surface area (Å²) in [7, 11) is -8.67. The maximum Gasteiger partial charge on any atom is 0.265 e. The Morgan fingerprint density at radius 1 is 1.14 bits per heavy atom. The third-order valence-corrected chi connectivity index (χ3v) is 10.5. The molecule has 0 aromatic rings. The maximum atomic E-state index is 17.8. The van der Waals surface area contributed by atoms with Crippen LogP contribution < -0.4 is 0 Å². The first-order chi connectivity index (χ1) is 16.6. The third kappa shape index (κ3) is 3.83. The lowest BCUT2D eigenvalue weighted by atomic mass is 9.43. The van der Waals surface area contributed by atoms with E-state index in [2.05, 4.69) is 0 Å². The lowest BCUT2D eigenvalue weighted by Crippen LogP contribution is -2.74. The molecule has 0 aromatic heterocycles. The lowest BCUT2D eigenvalue weighted by Gasteiger charge is -2.65. The summed E-state index contributed by atoms with van der Waals surface area (Å²) in [6.45, 7) is 5.74. The SMILES string of the molecule is CC(=O)[C@@]1(O)[C@@H](C)C[C@H]2[C@@H]3[C@@H](OS(C)(=O)=O)[C@@H](OS(C)(=O)=O)C4=CC(=O)C=C[C@]4(C)[C@@]3(F)[C@@H](O)C[C@@]21C. The minimum Gasteiger partial charge on any atom is -0.390 e. The van der Waals surface area contributed by atoms with Gasteiger partial charge in [0, 0.05) is 16.7 Å². The van der Waals surface area contributed by atoms with Gasteiger partial charge in [0.15, 0.2) is 17.2 Å². The van der Waals surface area contributed by atoms with Gasteiger partial charge in [-0.3, -0.25) is 18.0 Å². The fourth-order valence-corrected chi connectivity index (χ4v) is 9.09. The zero-order chi connectivity index (χ0) is 28.1. The summed E-state index contributed by atoms with van der Waals surface area (Å²) in [5, 5.41) is 23.1. The molecule has 0 unspecified atom stereocenters. The Bertz CT molecular complexity index is 1320. The van der Waals surface area contributed by atoms with Gasteiger partial charge >= 0.3 is 0 Å². The molecule has 4 aliphatic rings. The number of carbonyl (C=O) groups is 2. The van der Waals surface area contributed by atoms with Gasteiger partial charge in [-0.05, 0) is 56.3 Å². The van der Waals surface area contributed by atoms with Crippen LogP contribution in [-0.2, 0) is 38.2 Å². The monoisotopic (exact) mass is 564 g/mol. The number of carbonyl (C=O) groups excluding carboxylic acids is 2. The van der Waals surface area contributed by atoms with Crippen molar-refractivity contribution in [3.05, 3.63) is 23.8 Å². The zero-order valence-corrected chi connectivity index (χ0v) is 23.1. The molecule has 0 aromatic carbocycles. The molecule has 3 fully saturated rings. The summed E-state index contributed by atoms with van der Waals surface area (Å²) < 4.78 is 78.0. The second-order valence-electron chi connectivity index (χ2n) is 11.5. The number of aliphatic hydroxyl groups excluding tert-OH is 1. The van der Waals surface area contributed by atoms with E-state index >= 15 is 4.39 Å². The molecule has 13 heteroatoms. The minimum absolute atomic E-state index is 0.0582.